The number of carbonyl (C=O) groups excluding carboxylic acids is 1. The van der Waals surface area contributed by atoms with Crippen LogP contribution in [0.2, 0.25) is 0 Å². The number of rotatable bonds is 10. The molecule has 146 valence electrons. The second-order valence-electron chi connectivity index (χ2n) is 5.37. The molecule has 26 heavy (non-hydrogen) atoms. The van der Waals surface area contributed by atoms with Gasteiger partial charge in [-0.3, -0.25) is 9.59 Å². The van der Waals surface area contributed by atoms with Crippen LogP contribution in [0.1, 0.15) is 31.2 Å². The standard InChI is InChI=1S/C15H19F3N2O5S/c16-15(17,18)11-4-1-5-12(10-11)26(24,25)20-9-2-6-13(21)19-8-3-7-14(22)23/h1,4-5,10,20H,2-3,6-9H2,(H,19,21)(H,22,23). The highest BCUT2D eigenvalue weighted by molar-refractivity contribution is 7.89. The van der Waals surface area contributed by atoms with E-state index in [2.05, 4.69) is 10.0 Å². The third-order valence-corrected chi connectivity index (χ3v) is 4.69. The molecule has 0 saturated carbocycles. The lowest BCUT2D eigenvalue weighted by molar-refractivity contribution is -0.138. The monoisotopic (exact) mass is 396 g/mol. The summed E-state index contributed by atoms with van der Waals surface area (Å²) in [7, 11) is -4.12. The van der Waals surface area contributed by atoms with Crippen molar-refractivity contribution in [3.8, 4) is 0 Å². The minimum Gasteiger partial charge on any atom is -0.481 e. The number of carboxylic acids is 1. The minimum atomic E-state index is -4.65. The van der Waals surface area contributed by atoms with Crippen molar-refractivity contribution in [1.82, 2.24) is 10.0 Å². The van der Waals surface area contributed by atoms with Crippen molar-refractivity contribution >= 4 is 21.9 Å². The number of benzene rings is 1. The zero-order chi connectivity index (χ0) is 19.8. The maximum Gasteiger partial charge on any atom is 0.416 e. The van der Waals surface area contributed by atoms with E-state index in [4.69, 9.17) is 5.11 Å². The number of sulfonamides is 1. The van der Waals surface area contributed by atoms with Crippen LogP contribution in [0.4, 0.5) is 13.2 Å². The second kappa shape index (κ2) is 9.53. The van der Waals surface area contributed by atoms with Crippen molar-refractivity contribution in [2.45, 2.75) is 36.8 Å². The predicted octanol–water partition coefficient (Wildman–Crippen LogP) is 1.74. The highest BCUT2D eigenvalue weighted by Crippen LogP contribution is 2.30. The number of carboxylic acid groups (broad SMARTS) is 1. The highest BCUT2D eigenvalue weighted by atomic mass is 32.2. The van der Waals surface area contributed by atoms with Gasteiger partial charge in [0.25, 0.3) is 0 Å². The van der Waals surface area contributed by atoms with Crippen LogP contribution < -0.4 is 10.0 Å². The quantitative estimate of drug-likeness (QED) is 0.522. The van der Waals surface area contributed by atoms with E-state index in [0.717, 1.165) is 18.2 Å². The maximum absolute atomic E-state index is 12.6. The van der Waals surface area contributed by atoms with Crippen LogP contribution in [0.3, 0.4) is 0 Å². The van der Waals surface area contributed by atoms with Crippen LogP contribution in [0.15, 0.2) is 29.2 Å². The van der Waals surface area contributed by atoms with Gasteiger partial charge in [-0.1, -0.05) is 6.07 Å². The largest absolute Gasteiger partial charge is 0.481 e. The van der Waals surface area contributed by atoms with Gasteiger partial charge < -0.3 is 10.4 Å². The Bertz CT molecular complexity index is 735. The average molecular weight is 396 g/mol. The summed E-state index contributed by atoms with van der Waals surface area (Å²) in [4.78, 5) is 21.3. The molecule has 0 unspecified atom stereocenters. The number of hydrogen-bond donors (Lipinski definition) is 3. The third kappa shape index (κ3) is 7.83. The topological polar surface area (TPSA) is 113 Å². The fourth-order valence-corrected chi connectivity index (χ4v) is 3.05. The highest BCUT2D eigenvalue weighted by Gasteiger charge is 2.31. The van der Waals surface area contributed by atoms with Gasteiger partial charge in [0.15, 0.2) is 0 Å². The van der Waals surface area contributed by atoms with E-state index < -0.39 is 32.6 Å². The van der Waals surface area contributed by atoms with Crippen LogP contribution in [-0.4, -0.2) is 38.5 Å². The summed E-state index contributed by atoms with van der Waals surface area (Å²) in [5.41, 5.74) is -1.07. The molecule has 11 heteroatoms. The average Bonchev–Trinajstić information content (AvgIpc) is 2.55. The Hall–Kier alpha value is -2.14. The first kappa shape index (κ1) is 21.9. The Morgan fingerprint density at radius 2 is 1.73 bits per heavy atom. The van der Waals surface area contributed by atoms with Gasteiger partial charge in [-0.05, 0) is 31.0 Å². The van der Waals surface area contributed by atoms with Gasteiger partial charge >= 0.3 is 12.1 Å². The van der Waals surface area contributed by atoms with Gasteiger partial charge in [-0.2, -0.15) is 13.2 Å². The van der Waals surface area contributed by atoms with Gasteiger partial charge in [0.1, 0.15) is 0 Å². The van der Waals surface area contributed by atoms with Crippen LogP contribution in [0, 0.1) is 0 Å². The molecule has 0 saturated heterocycles. The van der Waals surface area contributed by atoms with Gasteiger partial charge in [0.2, 0.25) is 15.9 Å². The summed E-state index contributed by atoms with van der Waals surface area (Å²) in [6, 6.07) is 3.36. The van der Waals surface area contributed by atoms with E-state index in [1.54, 1.807) is 0 Å². The lowest BCUT2D eigenvalue weighted by Crippen LogP contribution is -2.28. The smallest absolute Gasteiger partial charge is 0.416 e. The zero-order valence-corrected chi connectivity index (χ0v) is 14.5. The van der Waals surface area contributed by atoms with E-state index in [9.17, 15) is 31.2 Å². The van der Waals surface area contributed by atoms with Gasteiger partial charge in [-0.15, -0.1) is 0 Å². The van der Waals surface area contributed by atoms with Crippen molar-refractivity contribution in [3.05, 3.63) is 29.8 Å². The molecule has 0 bridgehead atoms. The number of aliphatic carboxylic acids is 1. The Morgan fingerprint density at radius 1 is 1.08 bits per heavy atom. The zero-order valence-electron chi connectivity index (χ0n) is 13.7. The molecule has 0 heterocycles. The molecular formula is C15H19F3N2O5S. The van der Waals surface area contributed by atoms with E-state index in [1.165, 1.54) is 0 Å². The van der Waals surface area contributed by atoms with Crippen LogP contribution in [0.5, 0.6) is 0 Å². The maximum atomic E-state index is 12.6. The van der Waals surface area contributed by atoms with Crippen molar-refractivity contribution in [3.63, 3.8) is 0 Å². The second-order valence-corrected chi connectivity index (χ2v) is 7.14. The first-order valence-electron chi connectivity index (χ1n) is 7.68. The molecule has 0 radical (unpaired) electrons. The van der Waals surface area contributed by atoms with E-state index >= 15 is 0 Å². The normalized spacial score (nSPS) is 12.0. The Labute approximate surface area is 148 Å². The summed E-state index contributed by atoms with van der Waals surface area (Å²) < 4.78 is 64.0. The Kier molecular flexibility index (Phi) is 8.03. The van der Waals surface area contributed by atoms with Crippen LogP contribution >= 0.6 is 0 Å². The van der Waals surface area contributed by atoms with Crippen LogP contribution in [0.25, 0.3) is 0 Å². The number of hydrogen-bond acceptors (Lipinski definition) is 4. The molecule has 0 aromatic heterocycles. The summed E-state index contributed by atoms with van der Waals surface area (Å²) in [6.45, 7) is 0.0716. The van der Waals surface area contributed by atoms with Crippen molar-refractivity contribution in [2.75, 3.05) is 13.1 Å². The molecule has 0 fully saturated rings. The Morgan fingerprint density at radius 3 is 2.35 bits per heavy atom. The number of amides is 1. The molecule has 0 spiro atoms. The number of carbonyl (C=O) groups is 2. The number of alkyl halides is 3. The Balaban J connectivity index is 2.42. The molecular weight excluding hydrogens is 377 g/mol. The first-order valence-corrected chi connectivity index (χ1v) is 9.16. The van der Waals surface area contributed by atoms with Crippen molar-refractivity contribution in [1.29, 1.82) is 0 Å². The summed E-state index contributed by atoms with van der Waals surface area (Å²) in [6.07, 6.45) is -4.30. The van der Waals surface area contributed by atoms with Gasteiger partial charge in [0.05, 0.1) is 10.5 Å². The SMILES string of the molecule is O=C(O)CCCNC(=O)CCCNS(=O)(=O)c1cccc(C(F)(F)F)c1. The fourth-order valence-electron chi connectivity index (χ4n) is 1.93. The molecule has 3 N–H and O–H groups in total. The molecule has 1 aromatic carbocycles. The van der Waals surface area contributed by atoms with Gasteiger partial charge in [0, 0.05) is 25.9 Å². The molecule has 0 aliphatic rings. The molecule has 1 aromatic rings. The lowest BCUT2D eigenvalue weighted by Gasteiger charge is -2.10. The van der Waals surface area contributed by atoms with E-state index in [0.29, 0.717) is 6.07 Å². The van der Waals surface area contributed by atoms with Gasteiger partial charge in [-0.25, -0.2) is 13.1 Å². The fraction of sp³-hybridized carbons (Fsp3) is 0.467. The third-order valence-electron chi connectivity index (χ3n) is 3.23. The molecule has 0 aliphatic heterocycles. The van der Waals surface area contributed by atoms with Crippen molar-refractivity contribution in [2.24, 2.45) is 0 Å². The predicted molar refractivity (Wildman–Crippen MR) is 85.7 cm³/mol. The molecule has 0 aliphatic carbocycles. The molecule has 1 rings (SSSR count). The molecule has 1 amide bonds. The summed E-state index contributed by atoms with van der Waals surface area (Å²) in [5.74, 6) is -1.34. The number of halogens is 3. The molecule has 7 nitrogen and oxygen atoms in total. The summed E-state index contributed by atoms with van der Waals surface area (Å²) >= 11 is 0. The summed E-state index contributed by atoms with van der Waals surface area (Å²) in [5, 5.41) is 10.9. The first-order chi connectivity index (χ1) is 12.0. The van der Waals surface area contributed by atoms with E-state index in [-0.39, 0.29) is 44.7 Å². The number of nitrogens with one attached hydrogen (secondary N) is 2. The van der Waals surface area contributed by atoms with E-state index in [1.807, 2.05) is 0 Å². The lowest BCUT2D eigenvalue weighted by atomic mass is 10.2. The van der Waals surface area contributed by atoms with Crippen molar-refractivity contribution < 1.29 is 36.3 Å². The minimum absolute atomic E-state index is 0.00180. The molecule has 0 atom stereocenters. The van der Waals surface area contributed by atoms with Crippen LogP contribution in [-0.2, 0) is 25.8 Å².